The highest BCUT2D eigenvalue weighted by molar-refractivity contribution is 5.75. The second-order valence-electron chi connectivity index (χ2n) is 8.65. The Morgan fingerprint density at radius 2 is 1.94 bits per heavy atom. The lowest BCUT2D eigenvalue weighted by Gasteiger charge is -2.13. The van der Waals surface area contributed by atoms with Crippen LogP contribution in [-0.2, 0) is 11.3 Å². The summed E-state index contributed by atoms with van der Waals surface area (Å²) in [6.07, 6.45) is 9.14. The predicted molar refractivity (Wildman–Crippen MR) is 126 cm³/mol. The SMILES string of the molecule is CNc1cnc(-c2ccc(C(c3noc(-c4cnn(CC(=O)N(C)C)c4)n3)C3CC3)cc2)cn1. The van der Waals surface area contributed by atoms with Crippen LogP contribution in [0.3, 0.4) is 0 Å². The molecule has 0 saturated heterocycles. The van der Waals surface area contributed by atoms with Gasteiger partial charge in [0.2, 0.25) is 5.91 Å². The number of benzene rings is 1. The number of amides is 1. The van der Waals surface area contributed by atoms with E-state index in [1.165, 1.54) is 4.90 Å². The highest BCUT2D eigenvalue weighted by atomic mass is 16.5. The topological polar surface area (TPSA) is 115 Å². The van der Waals surface area contributed by atoms with Crippen LogP contribution in [0, 0.1) is 5.92 Å². The Hall–Kier alpha value is -4.08. The highest BCUT2D eigenvalue weighted by Crippen LogP contribution is 2.46. The van der Waals surface area contributed by atoms with Crippen molar-refractivity contribution in [2.45, 2.75) is 25.3 Å². The minimum Gasteiger partial charge on any atom is -0.372 e. The van der Waals surface area contributed by atoms with Gasteiger partial charge in [-0.05, 0) is 24.3 Å². The Labute approximate surface area is 197 Å². The summed E-state index contributed by atoms with van der Waals surface area (Å²) in [7, 11) is 5.25. The van der Waals surface area contributed by atoms with Crippen molar-refractivity contribution in [3.63, 3.8) is 0 Å². The third-order valence-electron chi connectivity index (χ3n) is 5.96. The fraction of sp³-hybridized carbons (Fsp3) is 0.333. The summed E-state index contributed by atoms with van der Waals surface area (Å²) in [5.74, 6) is 2.32. The zero-order chi connectivity index (χ0) is 23.7. The molecule has 0 radical (unpaired) electrons. The van der Waals surface area contributed by atoms with Crippen LogP contribution < -0.4 is 5.32 Å². The monoisotopic (exact) mass is 458 g/mol. The molecule has 10 nitrogen and oxygen atoms in total. The van der Waals surface area contributed by atoms with Gasteiger partial charge in [0.25, 0.3) is 5.89 Å². The lowest BCUT2D eigenvalue weighted by atomic mass is 9.92. The number of aromatic nitrogens is 6. The predicted octanol–water partition coefficient (Wildman–Crippen LogP) is 3.06. The quantitative estimate of drug-likeness (QED) is 0.428. The van der Waals surface area contributed by atoms with E-state index in [1.54, 1.807) is 43.6 Å². The number of hydrogen-bond donors (Lipinski definition) is 1. The molecule has 1 fully saturated rings. The van der Waals surface area contributed by atoms with Gasteiger partial charge in [-0.1, -0.05) is 29.4 Å². The van der Waals surface area contributed by atoms with Crippen molar-refractivity contribution in [2.24, 2.45) is 5.92 Å². The minimum atomic E-state index is -0.0398. The molecule has 34 heavy (non-hydrogen) atoms. The lowest BCUT2D eigenvalue weighted by Crippen LogP contribution is -2.26. The molecule has 174 valence electrons. The molecular weight excluding hydrogens is 432 g/mol. The third kappa shape index (κ3) is 4.52. The molecule has 3 aromatic heterocycles. The van der Waals surface area contributed by atoms with E-state index in [9.17, 15) is 4.79 Å². The summed E-state index contributed by atoms with van der Waals surface area (Å²) >= 11 is 0. The second kappa shape index (κ2) is 9.05. The van der Waals surface area contributed by atoms with Gasteiger partial charge < -0.3 is 14.7 Å². The van der Waals surface area contributed by atoms with Crippen LogP contribution >= 0.6 is 0 Å². The number of hydrogen-bond acceptors (Lipinski definition) is 8. The summed E-state index contributed by atoms with van der Waals surface area (Å²) in [6.45, 7) is 0.160. The van der Waals surface area contributed by atoms with Gasteiger partial charge in [-0.15, -0.1) is 0 Å². The van der Waals surface area contributed by atoms with Gasteiger partial charge in [0, 0.05) is 32.9 Å². The van der Waals surface area contributed by atoms with Crippen LogP contribution in [0.5, 0.6) is 0 Å². The van der Waals surface area contributed by atoms with Crippen molar-refractivity contribution in [3.05, 3.63) is 60.4 Å². The summed E-state index contributed by atoms with van der Waals surface area (Å²) in [5, 5.41) is 11.5. The largest absolute Gasteiger partial charge is 0.372 e. The number of carbonyl (C=O) groups is 1. The average Bonchev–Trinajstić information content (AvgIpc) is 3.37. The molecule has 3 heterocycles. The van der Waals surface area contributed by atoms with E-state index < -0.39 is 0 Å². The Kier molecular flexibility index (Phi) is 5.79. The van der Waals surface area contributed by atoms with Gasteiger partial charge in [-0.25, -0.2) is 4.98 Å². The number of carbonyl (C=O) groups excluding carboxylic acids is 1. The van der Waals surface area contributed by atoms with Crippen LogP contribution in [0.2, 0.25) is 0 Å². The smallest absolute Gasteiger partial charge is 0.261 e. The molecular formula is C24H26N8O2. The van der Waals surface area contributed by atoms with Crippen molar-refractivity contribution >= 4 is 11.7 Å². The number of anilines is 1. The zero-order valence-corrected chi connectivity index (χ0v) is 19.3. The van der Waals surface area contributed by atoms with E-state index in [2.05, 4.69) is 54.8 Å². The lowest BCUT2D eigenvalue weighted by molar-refractivity contribution is -0.129. The minimum absolute atomic E-state index is 0.0398. The summed E-state index contributed by atoms with van der Waals surface area (Å²) in [5.41, 5.74) is 3.66. The summed E-state index contributed by atoms with van der Waals surface area (Å²) < 4.78 is 7.15. The summed E-state index contributed by atoms with van der Waals surface area (Å²) in [4.78, 5) is 27.0. The van der Waals surface area contributed by atoms with Crippen LogP contribution in [0.15, 0.2) is 53.6 Å². The maximum absolute atomic E-state index is 11.9. The molecule has 1 aromatic carbocycles. The first kappa shape index (κ1) is 21.7. The molecule has 4 aromatic rings. The average molecular weight is 459 g/mol. The number of likely N-dealkylation sites (N-methyl/N-ethyl adjacent to an activating group) is 1. The molecule has 1 atom stereocenters. The Bertz CT molecular complexity index is 1270. The fourth-order valence-electron chi connectivity index (χ4n) is 3.85. The van der Waals surface area contributed by atoms with Crippen LogP contribution in [-0.4, -0.2) is 61.8 Å². The first-order valence-corrected chi connectivity index (χ1v) is 11.2. The van der Waals surface area contributed by atoms with Crippen LogP contribution in [0.1, 0.15) is 30.1 Å². The van der Waals surface area contributed by atoms with Gasteiger partial charge >= 0.3 is 0 Å². The molecule has 5 rings (SSSR count). The maximum Gasteiger partial charge on any atom is 0.261 e. The van der Waals surface area contributed by atoms with E-state index in [4.69, 9.17) is 4.52 Å². The summed E-state index contributed by atoms with van der Waals surface area (Å²) in [6, 6.07) is 8.32. The third-order valence-corrected chi connectivity index (χ3v) is 5.96. The van der Waals surface area contributed by atoms with Gasteiger partial charge in [0.05, 0.1) is 35.8 Å². The molecule has 1 aliphatic rings. The molecule has 1 N–H and O–H groups in total. The van der Waals surface area contributed by atoms with Gasteiger partial charge in [-0.2, -0.15) is 10.1 Å². The van der Waals surface area contributed by atoms with Crippen molar-refractivity contribution in [2.75, 3.05) is 26.5 Å². The van der Waals surface area contributed by atoms with E-state index in [1.807, 2.05) is 7.05 Å². The Morgan fingerprint density at radius 3 is 2.59 bits per heavy atom. The van der Waals surface area contributed by atoms with E-state index in [0.29, 0.717) is 23.2 Å². The molecule has 0 bridgehead atoms. The Morgan fingerprint density at radius 1 is 1.15 bits per heavy atom. The van der Waals surface area contributed by atoms with Crippen molar-refractivity contribution in [1.82, 2.24) is 34.8 Å². The van der Waals surface area contributed by atoms with Crippen molar-refractivity contribution in [1.29, 1.82) is 0 Å². The maximum atomic E-state index is 11.9. The van der Waals surface area contributed by atoms with E-state index in [-0.39, 0.29) is 18.4 Å². The van der Waals surface area contributed by atoms with Crippen LogP contribution in [0.25, 0.3) is 22.7 Å². The normalized spacial score (nSPS) is 14.1. The molecule has 10 heteroatoms. The van der Waals surface area contributed by atoms with Crippen LogP contribution in [0.4, 0.5) is 5.82 Å². The highest BCUT2D eigenvalue weighted by Gasteiger charge is 2.36. The second-order valence-corrected chi connectivity index (χ2v) is 8.65. The first-order valence-electron chi connectivity index (χ1n) is 11.2. The van der Waals surface area contributed by atoms with Gasteiger partial charge in [0.1, 0.15) is 12.4 Å². The van der Waals surface area contributed by atoms with E-state index >= 15 is 0 Å². The molecule has 0 spiro atoms. The number of nitrogens with zero attached hydrogens (tertiary/aromatic N) is 7. The van der Waals surface area contributed by atoms with Crippen molar-refractivity contribution in [3.8, 4) is 22.7 Å². The first-order chi connectivity index (χ1) is 16.5. The molecule has 0 aliphatic heterocycles. The molecule has 1 unspecified atom stereocenters. The van der Waals surface area contributed by atoms with Crippen molar-refractivity contribution < 1.29 is 9.32 Å². The Balaban J connectivity index is 1.35. The van der Waals surface area contributed by atoms with Gasteiger partial charge in [-0.3, -0.25) is 14.5 Å². The number of nitrogens with one attached hydrogen (secondary N) is 1. The van der Waals surface area contributed by atoms with E-state index in [0.717, 1.165) is 35.5 Å². The molecule has 1 aliphatic carbocycles. The standard InChI is InChI=1S/C24H26N8O2/c1-25-20-12-26-19(11-27-20)15-4-6-16(7-5-15)22(17-8-9-17)23-29-24(34-30-23)18-10-28-32(13-18)14-21(33)31(2)3/h4-7,10-13,17,22H,8-9,14H2,1-3H3,(H,25,27). The van der Waals surface area contributed by atoms with Gasteiger partial charge in [0.15, 0.2) is 5.82 Å². The fourth-order valence-corrected chi connectivity index (χ4v) is 3.85. The zero-order valence-electron chi connectivity index (χ0n) is 19.3. The molecule has 1 amide bonds. The molecule has 1 saturated carbocycles. The number of rotatable bonds is 8.